The summed E-state index contributed by atoms with van der Waals surface area (Å²) in [5.74, 6) is 0.758. The van der Waals surface area contributed by atoms with Gasteiger partial charge in [-0.15, -0.1) is 0 Å². The third-order valence-corrected chi connectivity index (χ3v) is 3.67. The summed E-state index contributed by atoms with van der Waals surface area (Å²) in [6, 6.07) is 0. The average molecular weight is 263 g/mol. The van der Waals surface area contributed by atoms with Crippen LogP contribution in [0.15, 0.2) is 9.59 Å². The number of aromatic amines is 2. The maximum Gasteiger partial charge on any atom is 0.329 e. The second-order valence-corrected chi connectivity index (χ2v) is 5.00. The fraction of sp³-hybridized carbons (Fsp3) is 0.583. The van der Waals surface area contributed by atoms with Gasteiger partial charge in [-0.25, -0.2) is 9.78 Å². The highest BCUT2D eigenvalue weighted by Gasteiger charge is 2.14. The smallest absolute Gasteiger partial charge is 0.329 e. The van der Waals surface area contributed by atoms with Crippen molar-refractivity contribution in [3.05, 3.63) is 26.7 Å². The van der Waals surface area contributed by atoms with Crippen molar-refractivity contribution >= 4 is 11.2 Å². The molecule has 1 aliphatic rings. The van der Waals surface area contributed by atoms with E-state index in [1.807, 2.05) is 0 Å². The lowest BCUT2D eigenvalue weighted by molar-refractivity contribution is 0.341. The van der Waals surface area contributed by atoms with Gasteiger partial charge in [0, 0.05) is 20.0 Å². The van der Waals surface area contributed by atoms with E-state index in [1.54, 1.807) is 7.05 Å². The molecule has 0 bridgehead atoms. The lowest BCUT2D eigenvalue weighted by Gasteiger charge is -2.12. The third kappa shape index (κ3) is 2.21. The van der Waals surface area contributed by atoms with Crippen molar-refractivity contribution < 1.29 is 0 Å². The van der Waals surface area contributed by atoms with Gasteiger partial charge in [-0.1, -0.05) is 0 Å². The number of aromatic nitrogens is 4. The van der Waals surface area contributed by atoms with Crippen LogP contribution in [0.3, 0.4) is 0 Å². The van der Waals surface area contributed by atoms with E-state index in [-0.39, 0.29) is 0 Å². The Balaban J connectivity index is 1.89. The second kappa shape index (κ2) is 4.65. The molecule has 0 aliphatic carbocycles. The van der Waals surface area contributed by atoms with E-state index in [0.29, 0.717) is 11.2 Å². The highest BCUT2D eigenvalue weighted by Crippen LogP contribution is 2.09. The Morgan fingerprint density at radius 2 is 1.95 bits per heavy atom. The minimum atomic E-state index is -0.435. The molecule has 3 heterocycles. The molecule has 2 aromatic heterocycles. The zero-order valence-electron chi connectivity index (χ0n) is 10.9. The Hall–Kier alpha value is -1.89. The topological polar surface area (TPSA) is 86.8 Å². The lowest BCUT2D eigenvalue weighted by atomic mass is 10.4. The summed E-state index contributed by atoms with van der Waals surface area (Å²) in [4.78, 5) is 35.2. The highest BCUT2D eigenvalue weighted by molar-refractivity contribution is 5.69. The molecule has 1 fully saturated rings. The van der Waals surface area contributed by atoms with Crippen LogP contribution in [0.4, 0.5) is 0 Å². The number of aryl methyl sites for hydroxylation is 1. The monoisotopic (exact) mass is 263 g/mol. The van der Waals surface area contributed by atoms with E-state index >= 15 is 0 Å². The number of nitrogens with one attached hydrogen (secondary N) is 2. The number of hydrogen-bond acceptors (Lipinski definition) is 4. The zero-order valence-corrected chi connectivity index (χ0v) is 10.9. The first kappa shape index (κ1) is 12.2. The SMILES string of the molecule is Cn1c(=O)[nH]c(=O)c2[nH]c(CCN3CCCC3)nc21. The Kier molecular flexibility index (Phi) is 2.98. The minimum Gasteiger partial charge on any atom is -0.336 e. The van der Waals surface area contributed by atoms with E-state index in [2.05, 4.69) is 19.9 Å². The van der Waals surface area contributed by atoms with Gasteiger partial charge in [0.25, 0.3) is 5.56 Å². The van der Waals surface area contributed by atoms with Gasteiger partial charge in [0.15, 0.2) is 5.65 Å². The molecule has 0 saturated carbocycles. The quantitative estimate of drug-likeness (QED) is 0.788. The van der Waals surface area contributed by atoms with Crippen LogP contribution in [0.25, 0.3) is 11.2 Å². The van der Waals surface area contributed by atoms with Gasteiger partial charge in [-0.05, 0) is 25.9 Å². The molecular formula is C12H17N5O2. The van der Waals surface area contributed by atoms with Crippen molar-refractivity contribution in [2.75, 3.05) is 19.6 Å². The zero-order chi connectivity index (χ0) is 13.4. The van der Waals surface area contributed by atoms with Crippen molar-refractivity contribution in [2.24, 2.45) is 7.05 Å². The summed E-state index contributed by atoms with van der Waals surface area (Å²) >= 11 is 0. The summed E-state index contributed by atoms with van der Waals surface area (Å²) in [5.41, 5.74) is -0.0446. The summed E-state index contributed by atoms with van der Waals surface area (Å²) in [6.07, 6.45) is 3.28. The van der Waals surface area contributed by atoms with Crippen LogP contribution >= 0.6 is 0 Å². The predicted octanol–water partition coefficient (Wildman–Crippen LogP) is -0.412. The summed E-state index contributed by atoms with van der Waals surface area (Å²) in [7, 11) is 1.60. The summed E-state index contributed by atoms with van der Waals surface area (Å²) < 4.78 is 1.35. The van der Waals surface area contributed by atoms with E-state index < -0.39 is 11.2 Å². The summed E-state index contributed by atoms with van der Waals surface area (Å²) in [6.45, 7) is 3.21. The Morgan fingerprint density at radius 3 is 2.68 bits per heavy atom. The average Bonchev–Trinajstić information content (AvgIpc) is 3.03. The van der Waals surface area contributed by atoms with Crippen LogP contribution < -0.4 is 11.2 Å². The van der Waals surface area contributed by atoms with Gasteiger partial charge in [0.2, 0.25) is 0 Å². The number of H-pyrrole nitrogens is 2. The first-order chi connectivity index (χ1) is 9.15. The van der Waals surface area contributed by atoms with Crippen molar-refractivity contribution in [2.45, 2.75) is 19.3 Å². The molecule has 1 saturated heterocycles. The number of likely N-dealkylation sites (tertiary alicyclic amines) is 1. The molecule has 0 amide bonds. The second-order valence-electron chi connectivity index (χ2n) is 5.00. The van der Waals surface area contributed by atoms with Gasteiger partial charge in [0.05, 0.1) is 0 Å². The fourth-order valence-electron chi connectivity index (χ4n) is 2.54. The molecule has 0 atom stereocenters. The van der Waals surface area contributed by atoms with Gasteiger partial charge >= 0.3 is 5.69 Å². The predicted molar refractivity (Wildman–Crippen MR) is 71.3 cm³/mol. The van der Waals surface area contributed by atoms with Crippen molar-refractivity contribution in [1.82, 2.24) is 24.4 Å². The molecule has 0 unspecified atom stereocenters. The standard InChI is InChI=1S/C12H17N5O2/c1-16-10-9(11(18)15-12(16)19)13-8(14-10)4-7-17-5-2-3-6-17/h2-7H2,1H3,(H,13,14)(H,15,18,19). The Labute approximate surface area is 109 Å². The first-order valence-electron chi connectivity index (χ1n) is 6.55. The van der Waals surface area contributed by atoms with Crippen molar-refractivity contribution in [3.8, 4) is 0 Å². The molecule has 1 aliphatic heterocycles. The first-order valence-corrected chi connectivity index (χ1v) is 6.55. The van der Waals surface area contributed by atoms with Crippen molar-refractivity contribution in [3.63, 3.8) is 0 Å². The Morgan fingerprint density at radius 1 is 1.21 bits per heavy atom. The third-order valence-electron chi connectivity index (χ3n) is 3.67. The van der Waals surface area contributed by atoms with E-state index in [9.17, 15) is 9.59 Å². The van der Waals surface area contributed by atoms with Crippen LogP contribution in [0.2, 0.25) is 0 Å². The van der Waals surface area contributed by atoms with Crippen LogP contribution in [0.5, 0.6) is 0 Å². The number of nitrogens with zero attached hydrogens (tertiary/aromatic N) is 3. The molecule has 7 nitrogen and oxygen atoms in total. The maximum atomic E-state index is 11.7. The molecular weight excluding hydrogens is 246 g/mol. The number of imidazole rings is 1. The van der Waals surface area contributed by atoms with Crippen LogP contribution in [0.1, 0.15) is 18.7 Å². The van der Waals surface area contributed by atoms with E-state index in [0.717, 1.165) is 31.9 Å². The lowest BCUT2D eigenvalue weighted by Crippen LogP contribution is -2.28. The molecule has 3 rings (SSSR count). The molecule has 0 spiro atoms. The van der Waals surface area contributed by atoms with Gasteiger partial charge in [-0.2, -0.15) is 0 Å². The molecule has 19 heavy (non-hydrogen) atoms. The highest BCUT2D eigenvalue weighted by atomic mass is 16.2. The molecule has 0 radical (unpaired) electrons. The number of hydrogen-bond donors (Lipinski definition) is 2. The fourth-order valence-corrected chi connectivity index (χ4v) is 2.54. The normalized spacial score (nSPS) is 16.5. The molecule has 102 valence electrons. The molecule has 7 heteroatoms. The molecule has 2 N–H and O–H groups in total. The van der Waals surface area contributed by atoms with Crippen LogP contribution in [-0.2, 0) is 13.5 Å². The van der Waals surface area contributed by atoms with Crippen LogP contribution in [-0.4, -0.2) is 44.1 Å². The van der Waals surface area contributed by atoms with Gasteiger partial charge in [-0.3, -0.25) is 14.3 Å². The molecule has 2 aromatic rings. The van der Waals surface area contributed by atoms with Gasteiger partial charge < -0.3 is 9.88 Å². The molecule has 0 aromatic carbocycles. The summed E-state index contributed by atoms with van der Waals surface area (Å²) in [5, 5.41) is 0. The Bertz CT molecular complexity index is 705. The van der Waals surface area contributed by atoms with Gasteiger partial charge in [0.1, 0.15) is 11.3 Å². The van der Waals surface area contributed by atoms with Crippen molar-refractivity contribution in [1.29, 1.82) is 0 Å². The number of rotatable bonds is 3. The maximum absolute atomic E-state index is 11.7. The minimum absolute atomic E-state index is 0.374. The van der Waals surface area contributed by atoms with E-state index in [4.69, 9.17) is 0 Å². The largest absolute Gasteiger partial charge is 0.336 e. The van der Waals surface area contributed by atoms with Crippen LogP contribution in [0, 0.1) is 0 Å². The van der Waals surface area contributed by atoms with E-state index in [1.165, 1.54) is 17.4 Å². The number of fused-ring (bicyclic) bond motifs is 1.